The fourth-order valence-electron chi connectivity index (χ4n) is 2.45. The summed E-state index contributed by atoms with van der Waals surface area (Å²) in [5.41, 5.74) is 3.35. The van der Waals surface area contributed by atoms with Crippen molar-refractivity contribution >= 4 is 39.3 Å². The van der Waals surface area contributed by atoms with E-state index in [2.05, 4.69) is 0 Å². The van der Waals surface area contributed by atoms with E-state index >= 15 is 0 Å². The van der Waals surface area contributed by atoms with Crippen molar-refractivity contribution in [3.05, 3.63) is 64.8 Å². The average molecular weight is 321 g/mol. The topological polar surface area (TPSA) is 34.1 Å². The van der Waals surface area contributed by atoms with E-state index in [9.17, 15) is 9.59 Å². The summed E-state index contributed by atoms with van der Waals surface area (Å²) in [6.07, 6.45) is 3.63. The van der Waals surface area contributed by atoms with Crippen molar-refractivity contribution in [3.8, 4) is 0 Å². The molecule has 0 saturated carbocycles. The van der Waals surface area contributed by atoms with E-state index in [0.29, 0.717) is 5.57 Å². The average Bonchev–Trinajstić information content (AvgIpc) is 2.46. The van der Waals surface area contributed by atoms with E-state index in [1.807, 2.05) is 56.3 Å². The van der Waals surface area contributed by atoms with Crippen molar-refractivity contribution in [3.63, 3.8) is 0 Å². The van der Waals surface area contributed by atoms with E-state index in [4.69, 9.17) is 23.2 Å². The Morgan fingerprint density at radius 3 is 2.10 bits per heavy atom. The predicted octanol–water partition coefficient (Wildman–Crippen LogP) is 4.49. The summed E-state index contributed by atoms with van der Waals surface area (Å²) in [4.78, 5) is 23.8. The van der Waals surface area contributed by atoms with Gasteiger partial charge in [-0.3, -0.25) is 9.59 Å². The van der Waals surface area contributed by atoms with Gasteiger partial charge in [0.05, 0.1) is 5.92 Å². The summed E-state index contributed by atoms with van der Waals surface area (Å²) < 4.78 is 0. The smallest absolute Gasteiger partial charge is 0.250 e. The zero-order valence-corrected chi connectivity index (χ0v) is 13.2. The molecule has 0 aromatic heterocycles. The molecule has 1 aromatic rings. The first-order chi connectivity index (χ1) is 9.93. The van der Waals surface area contributed by atoms with Gasteiger partial charge in [-0.15, -0.1) is 0 Å². The van der Waals surface area contributed by atoms with Crippen molar-refractivity contribution in [2.75, 3.05) is 0 Å². The minimum absolute atomic E-state index is 0.238. The predicted molar refractivity (Wildman–Crippen MR) is 86.1 cm³/mol. The number of rotatable bonds is 3. The van der Waals surface area contributed by atoms with E-state index in [1.165, 1.54) is 0 Å². The molecular formula is C17H14Cl2O2. The van der Waals surface area contributed by atoms with Gasteiger partial charge in [0.25, 0.3) is 0 Å². The molecule has 21 heavy (non-hydrogen) atoms. The third kappa shape index (κ3) is 3.17. The van der Waals surface area contributed by atoms with Gasteiger partial charge in [-0.25, -0.2) is 0 Å². The van der Waals surface area contributed by atoms with Gasteiger partial charge in [0.1, 0.15) is 0 Å². The zero-order chi connectivity index (χ0) is 15.6. The molecular weight excluding hydrogens is 307 g/mol. The third-order valence-electron chi connectivity index (χ3n) is 3.42. The lowest BCUT2D eigenvalue weighted by atomic mass is 9.80. The molecule has 0 fully saturated rings. The van der Waals surface area contributed by atoms with Gasteiger partial charge in [0.15, 0.2) is 0 Å². The molecule has 1 aromatic carbocycles. The summed E-state index contributed by atoms with van der Waals surface area (Å²) in [7, 11) is 0. The highest BCUT2D eigenvalue weighted by Crippen LogP contribution is 2.38. The number of allylic oxidation sites excluding steroid dienone is 6. The van der Waals surface area contributed by atoms with Gasteiger partial charge < -0.3 is 0 Å². The quantitative estimate of drug-likeness (QED) is 0.769. The molecule has 1 unspecified atom stereocenters. The molecule has 0 saturated heterocycles. The summed E-state index contributed by atoms with van der Waals surface area (Å²) >= 11 is 11.5. The minimum atomic E-state index is -0.818. The maximum Gasteiger partial charge on any atom is 0.250 e. The second-order valence-corrected chi connectivity index (χ2v) is 5.71. The van der Waals surface area contributed by atoms with E-state index in [0.717, 1.165) is 16.7 Å². The number of carbonyl (C=O) groups is 2. The molecule has 0 radical (unpaired) electrons. The second kappa shape index (κ2) is 6.42. The van der Waals surface area contributed by atoms with Crippen LogP contribution in [0.2, 0.25) is 0 Å². The molecule has 2 nitrogen and oxygen atoms in total. The normalized spacial score (nSPS) is 17.9. The fraction of sp³-hybridized carbons (Fsp3) is 0.176. The maximum atomic E-state index is 11.9. The lowest BCUT2D eigenvalue weighted by Gasteiger charge is -2.24. The molecule has 0 N–H and O–H groups in total. The Bertz CT molecular complexity index is 678. The van der Waals surface area contributed by atoms with Gasteiger partial charge >= 0.3 is 0 Å². The van der Waals surface area contributed by atoms with E-state index < -0.39 is 16.4 Å². The Balaban J connectivity index is 2.72. The van der Waals surface area contributed by atoms with E-state index in [-0.39, 0.29) is 5.57 Å². The third-order valence-corrected chi connectivity index (χ3v) is 3.84. The van der Waals surface area contributed by atoms with Gasteiger partial charge in [-0.05, 0) is 53.8 Å². The van der Waals surface area contributed by atoms with Crippen LogP contribution >= 0.6 is 23.2 Å². The van der Waals surface area contributed by atoms with Crippen LogP contribution in [0.15, 0.2) is 59.2 Å². The van der Waals surface area contributed by atoms with Gasteiger partial charge in [-0.2, -0.15) is 0 Å². The Hall–Kier alpha value is -1.64. The summed E-state index contributed by atoms with van der Waals surface area (Å²) in [5, 5.41) is -1.26. The summed E-state index contributed by atoms with van der Waals surface area (Å²) in [6, 6.07) is 9.33. The largest absolute Gasteiger partial charge is 0.280 e. The standard InChI is InChI=1S/C17H14Cl2O2/c1-10(2)12-8-9-13(11-6-4-3-5-7-11)15(17(19)21)14(12)16(18)20/h3-9,14H,1-2H3. The van der Waals surface area contributed by atoms with Gasteiger partial charge in [-0.1, -0.05) is 48.1 Å². The van der Waals surface area contributed by atoms with Crippen molar-refractivity contribution in [2.45, 2.75) is 13.8 Å². The highest BCUT2D eigenvalue weighted by atomic mass is 35.5. The molecule has 4 heteroatoms. The zero-order valence-electron chi connectivity index (χ0n) is 11.7. The molecule has 0 bridgehead atoms. The first kappa shape index (κ1) is 15.7. The molecule has 1 aliphatic carbocycles. The lowest BCUT2D eigenvalue weighted by molar-refractivity contribution is -0.115. The van der Waals surface area contributed by atoms with Crippen molar-refractivity contribution < 1.29 is 9.59 Å². The highest BCUT2D eigenvalue weighted by molar-refractivity contribution is 6.71. The van der Waals surface area contributed by atoms with Crippen molar-refractivity contribution in [1.29, 1.82) is 0 Å². The van der Waals surface area contributed by atoms with E-state index in [1.54, 1.807) is 0 Å². The van der Waals surface area contributed by atoms with Crippen molar-refractivity contribution in [1.82, 2.24) is 0 Å². The minimum Gasteiger partial charge on any atom is -0.280 e. The van der Waals surface area contributed by atoms with Crippen LogP contribution in [0.1, 0.15) is 19.4 Å². The molecule has 0 aliphatic heterocycles. The number of halogens is 2. The molecule has 0 spiro atoms. The lowest BCUT2D eigenvalue weighted by Crippen LogP contribution is -2.22. The van der Waals surface area contributed by atoms with Gasteiger partial charge in [0.2, 0.25) is 10.5 Å². The van der Waals surface area contributed by atoms with Gasteiger partial charge in [0, 0.05) is 5.57 Å². The van der Waals surface area contributed by atoms with Crippen LogP contribution in [0.3, 0.4) is 0 Å². The molecule has 1 atom stereocenters. The number of carbonyl (C=O) groups excluding carboxylic acids is 2. The van der Waals surface area contributed by atoms with Crippen LogP contribution < -0.4 is 0 Å². The Morgan fingerprint density at radius 2 is 1.62 bits per heavy atom. The molecule has 108 valence electrons. The van der Waals surface area contributed by atoms with Crippen molar-refractivity contribution in [2.24, 2.45) is 5.92 Å². The number of hydrogen-bond acceptors (Lipinski definition) is 2. The first-order valence-corrected chi connectivity index (χ1v) is 7.23. The SMILES string of the molecule is CC(C)=C1C=CC(c2ccccc2)=C(C(=O)Cl)C1C(=O)Cl. The van der Waals surface area contributed by atoms with Crippen LogP contribution in [-0.4, -0.2) is 10.5 Å². The monoisotopic (exact) mass is 320 g/mol. The Labute approximate surface area is 133 Å². The first-order valence-electron chi connectivity index (χ1n) is 6.47. The van der Waals surface area contributed by atoms with Crippen LogP contribution in [0.5, 0.6) is 0 Å². The van der Waals surface area contributed by atoms with Crippen LogP contribution in [0.4, 0.5) is 0 Å². The highest BCUT2D eigenvalue weighted by Gasteiger charge is 2.33. The number of hydrogen-bond donors (Lipinski definition) is 0. The van der Waals surface area contributed by atoms with Crippen LogP contribution in [0, 0.1) is 5.92 Å². The molecule has 2 rings (SSSR count). The van der Waals surface area contributed by atoms with Crippen LogP contribution in [0.25, 0.3) is 5.57 Å². The Morgan fingerprint density at radius 1 is 1.00 bits per heavy atom. The summed E-state index contributed by atoms with van der Waals surface area (Å²) in [6.45, 7) is 3.74. The second-order valence-electron chi connectivity index (χ2n) is 4.99. The molecule has 0 amide bonds. The Kier molecular flexibility index (Phi) is 4.81. The summed E-state index contributed by atoms with van der Waals surface area (Å²) in [5.74, 6) is -0.818. The molecule has 1 aliphatic rings. The number of benzene rings is 1. The molecule has 0 heterocycles. The van der Waals surface area contributed by atoms with Crippen LogP contribution in [-0.2, 0) is 9.59 Å². The fourth-order valence-corrected chi connectivity index (χ4v) is 2.89. The maximum absolute atomic E-state index is 11.9.